The molecule has 5 nitrogen and oxygen atoms in total. The number of halogens is 1. The van der Waals surface area contributed by atoms with Crippen molar-refractivity contribution < 1.29 is 18.7 Å². The van der Waals surface area contributed by atoms with Crippen molar-refractivity contribution in [3.8, 4) is 5.75 Å². The van der Waals surface area contributed by atoms with Crippen LogP contribution in [0.2, 0.25) is 0 Å². The molecule has 0 aliphatic heterocycles. The van der Waals surface area contributed by atoms with Gasteiger partial charge in [-0.05, 0) is 35.4 Å². The molecule has 0 saturated carbocycles. The summed E-state index contributed by atoms with van der Waals surface area (Å²) in [6, 6.07) is 22.1. The Bertz CT molecular complexity index is 1030. The second kappa shape index (κ2) is 10.4. The molecule has 0 radical (unpaired) electrons. The van der Waals surface area contributed by atoms with Gasteiger partial charge in [0.15, 0.2) is 11.6 Å². The number of hydrogen-bond donors (Lipinski definition) is 1. The molecule has 0 fully saturated rings. The van der Waals surface area contributed by atoms with Crippen molar-refractivity contribution in [3.05, 3.63) is 101 Å². The molecular formula is C25H25FN2O3. The summed E-state index contributed by atoms with van der Waals surface area (Å²) in [5, 5.41) is 2.85. The molecule has 0 heterocycles. The van der Waals surface area contributed by atoms with E-state index in [9.17, 15) is 14.0 Å². The smallest absolute Gasteiger partial charge is 0.251 e. The van der Waals surface area contributed by atoms with Crippen LogP contribution in [0.5, 0.6) is 5.75 Å². The number of hydrogen-bond acceptors (Lipinski definition) is 3. The van der Waals surface area contributed by atoms with Crippen molar-refractivity contribution in [2.75, 3.05) is 14.2 Å². The van der Waals surface area contributed by atoms with Crippen LogP contribution in [0.1, 0.15) is 21.5 Å². The number of ether oxygens (including phenoxy) is 1. The van der Waals surface area contributed by atoms with Crippen LogP contribution in [0.4, 0.5) is 4.39 Å². The predicted octanol–water partition coefficient (Wildman–Crippen LogP) is 3.83. The molecule has 0 aliphatic rings. The van der Waals surface area contributed by atoms with Crippen molar-refractivity contribution in [1.29, 1.82) is 0 Å². The highest BCUT2D eigenvalue weighted by molar-refractivity contribution is 5.97. The monoisotopic (exact) mass is 420 g/mol. The highest BCUT2D eigenvalue weighted by Crippen LogP contribution is 2.19. The Morgan fingerprint density at radius 3 is 2.23 bits per heavy atom. The SMILES string of the molecule is COc1ccc(CN(C)C(=O)[C@H](Cc2ccccc2)NC(=O)c2ccccc2)cc1F. The van der Waals surface area contributed by atoms with Gasteiger partial charge in [-0.1, -0.05) is 54.6 Å². The van der Waals surface area contributed by atoms with Gasteiger partial charge in [-0.15, -0.1) is 0 Å². The largest absolute Gasteiger partial charge is 0.494 e. The van der Waals surface area contributed by atoms with Crippen molar-refractivity contribution in [2.24, 2.45) is 0 Å². The first-order chi connectivity index (χ1) is 15.0. The highest BCUT2D eigenvalue weighted by atomic mass is 19.1. The molecular weight excluding hydrogens is 395 g/mol. The van der Waals surface area contributed by atoms with E-state index in [1.165, 1.54) is 24.1 Å². The Hall–Kier alpha value is -3.67. The van der Waals surface area contributed by atoms with Crippen molar-refractivity contribution in [2.45, 2.75) is 19.0 Å². The van der Waals surface area contributed by atoms with E-state index < -0.39 is 11.9 Å². The first-order valence-electron chi connectivity index (χ1n) is 9.95. The molecule has 3 aromatic carbocycles. The Labute approximate surface area is 181 Å². The number of rotatable bonds is 8. The third-order valence-corrected chi connectivity index (χ3v) is 4.93. The average Bonchev–Trinajstić information content (AvgIpc) is 2.79. The van der Waals surface area contributed by atoms with Crippen LogP contribution in [0.3, 0.4) is 0 Å². The number of amides is 2. The molecule has 0 saturated heterocycles. The van der Waals surface area contributed by atoms with Gasteiger partial charge in [0.25, 0.3) is 5.91 Å². The van der Waals surface area contributed by atoms with Crippen LogP contribution in [0.15, 0.2) is 78.9 Å². The van der Waals surface area contributed by atoms with Crippen molar-refractivity contribution >= 4 is 11.8 Å². The predicted molar refractivity (Wildman–Crippen MR) is 117 cm³/mol. The summed E-state index contributed by atoms with van der Waals surface area (Å²) in [6.45, 7) is 0.201. The third kappa shape index (κ3) is 5.92. The Balaban J connectivity index is 1.77. The molecule has 31 heavy (non-hydrogen) atoms. The van der Waals surface area contributed by atoms with Gasteiger partial charge in [-0.25, -0.2) is 4.39 Å². The number of methoxy groups -OCH3 is 1. The molecule has 1 atom stereocenters. The fraction of sp³-hybridized carbons (Fsp3) is 0.200. The molecule has 160 valence electrons. The minimum absolute atomic E-state index is 0.148. The minimum atomic E-state index is -0.761. The molecule has 0 unspecified atom stereocenters. The third-order valence-electron chi connectivity index (χ3n) is 4.93. The van der Waals surface area contributed by atoms with Crippen LogP contribution in [-0.4, -0.2) is 36.9 Å². The molecule has 0 aliphatic carbocycles. The zero-order valence-corrected chi connectivity index (χ0v) is 17.5. The summed E-state index contributed by atoms with van der Waals surface area (Å²) >= 11 is 0. The molecule has 0 aromatic heterocycles. The van der Waals surface area contributed by atoms with E-state index in [4.69, 9.17) is 4.74 Å². The van der Waals surface area contributed by atoms with Crippen molar-refractivity contribution in [3.63, 3.8) is 0 Å². The summed E-state index contributed by atoms with van der Waals surface area (Å²) in [6.07, 6.45) is 0.347. The Morgan fingerprint density at radius 1 is 0.968 bits per heavy atom. The Morgan fingerprint density at radius 2 is 1.61 bits per heavy atom. The first kappa shape index (κ1) is 22.0. The topological polar surface area (TPSA) is 58.6 Å². The van der Waals surface area contributed by atoms with E-state index in [2.05, 4.69) is 5.32 Å². The Kier molecular flexibility index (Phi) is 7.38. The summed E-state index contributed by atoms with van der Waals surface area (Å²) in [7, 11) is 3.04. The van der Waals surface area contributed by atoms with E-state index in [1.807, 2.05) is 36.4 Å². The number of carbonyl (C=O) groups excluding carboxylic acids is 2. The standard InChI is InChI=1S/C25H25FN2O3/c1-28(17-19-13-14-23(31-2)21(26)15-19)25(30)22(16-18-9-5-3-6-10-18)27-24(29)20-11-7-4-8-12-20/h3-15,22H,16-17H2,1-2H3,(H,27,29)/t22-/m0/s1. The summed E-state index contributed by atoms with van der Waals surface area (Å²) < 4.78 is 19.0. The molecule has 6 heteroatoms. The quantitative estimate of drug-likeness (QED) is 0.603. The van der Waals surface area contributed by atoms with Gasteiger partial charge in [0, 0.05) is 25.6 Å². The fourth-order valence-electron chi connectivity index (χ4n) is 3.31. The average molecular weight is 420 g/mol. The van der Waals surface area contributed by atoms with Crippen LogP contribution >= 0.6 is 0 Å². The second-order valence-corrected chi connectivity index (χ2v) is 7.24. The molecule has 0 bridgehead atoms. The molecule has 3 aromatic rings. The van der Waals surface area contributed by atoms with Crippen LogP contribution in [0.25, 0.3) is 0 Å². The van der Waals surface area contributed by atoms with Crippen LogP contribution in [0, 0.1) is 5.82 Å². The molecule has 3 rings (SSSR count). The first-order valence-corrected chi connectivity index (χ1v) is 9.95. The maximum atomic E-state index is 14.0. The van der Waals surface area contributed by atoms with E-state index in [-0.39, 0.29) is 24.1 Å². The number of nitrogens with one attached hydrogen (secondary N) is 1. The van der Waals surface area contributed by atoms with Gasteiger partial charge in [-0.3, -0.25) is 9.59 Å². The van der Waals surface area contributed by atoms with Crippen LogP contribution in [-0.2, 0) is 17.8 Å². The fourth-order valence-corrected chi connectivity index (χ4v) is 3.31. The summed E-state index contributed by atoms with van der Waals surface area (Å²) in [5.74, 6) is -0.919. The normalized spacial score (nSPS) is 11.5. The molecule has 2 amide bonds. The minimum Gasteiger partial charge on any atom is -0.494 e. The molecule has 0 spiro atoms. The lowest BCUT2D eigenvalue weighted by molar-refractivity contribution is -0.132. The van der Waals surface area contributed by atoms with Gasteiger partial charge in [0.1, 0.15) is 6.04 Å². The van der Waals surface area contributed by atoms with Gasteiger partial charge >= 0.3 is 0 Å². The highest BCUT2D eigenvalue weighted by Gasteiger charge is 2.25. The number of carbonyl (C=O) groups is 2. The van der Waals surface area contributed by atoms with E-state index in [1.54, 1.807) is 37.4 Å². The maximum Gasteiger partial charge on any atom is 0.251 e. The summed E-state index contributed by atoms with van der Waals surface area (Å²) in [5.41, 5.74) is 2.04. The number of nitrogens with zero attached hydrogens (tertiary/aromatic N) is 1. The van der Waals surface area contributed by atoms with Crippen LogP contribution < -0.4 is 10.1 Å². The number of likely N-dealkylation sites (N-methyl/N-ethyl adjacent to an activating group) is 1. The summed E-state index contributed by atoms with van der Waals surface area (Å²) in [4.78, 5) is 27.4. The lowest BCUT2D eigenvalue weighted by Gasteiger charge is -2.25. The lowest BCUT2D eigenvalue weighted by Crippen LogP contribution is -2.48. The van der Waals surface area contributed by atoms with Gasteiger partial charge in [0.05, 0.1) is 7.11 Å². The van der Waals surface area contributed by atoms with E-state index in [0.29, 0.717) is 17.5 Å². The second-order valence-electron chi connectivity index (χ2n) is 7.24. The zero-order valence-electron chi connectivity index (χ0n) is 17.5. The van der Waals surface area contributed by atoms with E-state index in [0.717, 1.165) is 5.56 Å². The zero-order chi connectivity index (χ0) is 22.2. The van der Waals surface area contributed by atoms with Gasteiger partial charge in [0.2, 0.25) is 5.91 Å². The lowest BCUT2D eigenvalue weighted by atomic mass is 10.0. The van der Waals surface area contributed by atoms with Crippen molar-refractivity contribution in [1.82, 2.24) is 10.2 Å². The van der Waals surface area contributed by atoms with E-state index >= 15 is 0 Å². The molecule has 1 N–H and O–H groups in total. The van der Waals surface area contributed by atoms with Gasteiger partial charge in [-0.2, -0.15) is 0 Å². The van der Waals surface area contributed by atoms with Gasteiger partial charge < -0.3 is 15.0 Å². The number of benzene rings is 3. The maximum absolute atomic E-state index is 14.0.